The molecule has 0 aliphatic carbocycles. The van der Waals surface area contributed by atoms with E-state index in [9.17, 15) is 9.59 Å². The normalized spacial score (nSPS) is 10.2. The van der Waals surface area contributed by atoms with Gasteiger partial charge in [-0.1, -0.05) is 40.2 Å². The molecule has 4 heteroatoms. The number of hydrogen-bond donors (Lipinski definition) is 1. The topological polar surface area (TPSA) is 46.2 Å². The highest BCUT2D eigenvalue weighted by atomic mass is 79.9. The molecular formula is C17H16BrNO2. The highest BCUT2D eigenvalue weighted by Crippen LogP contribution is 2.16. The molecule has 2 aromatic carbocycles. The van der Waals surface area contributed by atoms with Crippen molar-refractivity contribution in [1.82, 2.24) is 0 Å². The maximum absolute atomic E-state index is 11.5. The van der Waals surface area contributed by atoms with Gasteiger partial charge in [0.2, 0.25) is 5.91 Å². The summed E-state index contributed by atoms with van der Waals surface area (Å²) in [5, 5.41) is 2.71. The number of hydrogen-bond acceptors (Lipinski definition) is 2. The Morgan fingerprint density at radius 1 is 0.952 bits per heavy atom. The summed E-state index contributed by atoms with van der Waals surface area (Å²) in [5.74, 6) is -0.414. The molecule has 0 aliphatic rings. The van der Waals surface area contributed by atoms with E-state index in [1.165, 1.54) is 18.1 Å². The third kappa shape index (κ3) is 5.16. The first kappa shape index (κ1) is 15.4. The number of carbonyl (C=O) groups excluding carboxylic acids is 2. The third-order valence-electron chi connectivity index (χ3n) is 2.97. The molecule has 0 fully saturated rings. The van der Waals surface area contributed by atoms with E-state index in [4.69, 9.17) is 0 Å². The van der Waals surface area contributed by atoms with Crippen LogP contribution in [-0.2, 0) is 16.0 Å². The van der Waals surface area contributed by atoms with Crippen LogP contribution in [0.5, 0.6) is 0 Å². The van der Waals surface area contributed by atoms with Crippen molar-refractivity contribution in [3.8, 4) is 0 Å². The summed E-state index contributed by atoms with van der Waals surface area (Å²) in [6, 6.07) is 15.9. The first-order valence-electron chi connectivity index (χ1n) is 6.65. The van der Waals surface area contributed by atoms with E-state index in [-0.39, 0.29) is 18.1 Å². The van der Waals surface area contributed by atoms with Crippen LogP contribution in [0.4, 0.5) is 5.69 Å². The van der Waals surface area contributed by atoms with Gasteiger partial charge in [0.15, 0.2) is 0 Å². The minimum atomic E-state index is -0.275. The second-order valence-electron chi connectivity index (χ2n) is 4.93. The number of nitrogens with one attached hydrogen (secondary N) is 1. The van der Waals surface area contributed by atoms with E-state index in [1.807, 2.05) is 36.4 Å². The first-order valence-corrected chi connectivity index (χ1v) is 7.45. The monoisotopic (exact) mass is 345 g/mol. The molecule has 108 valence electrons. The Labute approximate surface area is 132 Å². The van der Waals surface area contributed by atoms with Crippen LogP contribution in [0, 0.1) is 0 Å². The standard InChI is InChI=1S/C17H16BrNO2/c1-12(20)10-17(21)19-16-8-4-14(5-9-16)11-13-2-6-15(18)7-3-13/h2-9H,10-11H2,1H3,(H,19,21). The maximum Gasteiger partial charge on any atom is 0.231 e. The van der Waals surface area contributed by atoms with Crippen molar-refractivity contribution in [2.75, 3.05) is 5.32 Å². The number of amides is 1. The van der Waals surface area contributed by atoms with Gasteiger partial charge in [-0.05, 0) is 48.7 Å². The number of rotatable bonds is 5. The van der Waals surface area contributed by atoms with Crippen LogP contribution in [-0.4, -0.2) is 11.7 Å². The maximum atomic E-state index is 11.5. The summed E-state index contributed by atoms with van der Waals surface area (Å²) < 4.78 is 1.06. The van der Waals surface area contributed by atoms with E-state index in [0.717, 1.165) is 10.9 Å². The average Bonchev–Trinajstić information content (AvgIpc) is 2.42. The fourth-order valence-corrected chi connectivity index (χ4v) is 2.24. The average molecular weight is 346 g/mol. The molecule has 0 atom stereocenters. The molecule has 1 N–H and O–H groups in total. The lowest BCUT2D eigenvalue weighted by atomic mass is 10.0. The predicted octanol–water partition coefficient (Wildman–Crippen LogP) is 3.96. The molecule has 2 rings (SSSR count). The molecule has 0 radical (unpaired) electrons. The SMILES string of the molecule is CC(=O)CC(=O)Nc1ccc(Cc2ccc(Br)cc2)cc1. The van der Waals surface area contributed by atoms with Gasteiger partial charge in [0.25, 0.3) is 0 Å². The molecule has 0 unspecified atom stereocenters. The molecule has 0 heterocycles. The third-order valence-corrected chi connectivity index (χ3v) is 3.50. The van der Waals surface area contributed by atoms with Crippen LogP contribution in [0.2, 0.25) is 0 Å². The molecule has 0 spiro atoms. The molecule has 3 nitrogen and oxygen atoms in total. The smallest absolute Gasteiger partial charge is 0.231 e. The van der Waals surface area contributed by atoms with E-state index >= 15 is 0 Å². The van der Waals surface area contributed by atoms with Crippen LogP contribution >= 0.6 is 15.9 Å². The number of carbonyl (C=O) groups is 2. The lowest BCUT2D eigenvalue weighted by Gasteiger charge is -2.06. The Morgan fingerprint density at radius 2 is 1.48 bits per heavy atom. The van der Waals surface area contributed by atoms with Crippen LogP contribution < -0.4 is 5.32 Å². The molecule has 0 bridgehead atoms. The van der Waals surface area contributed by atoms with Crippen LogP contribution in [0.1, 0.15) is 24.5 Å². The molecule has 0 aliphatic heterocycles. The Morgan fingerprint density at radius 3 is 2.00 bits per heavy atom. The van der Waals surface area contributed by atoms with Crippen LogP contribution in [0.3, 0.4) is 0 Å². The zero-order chi connectivity index (χ0) is 15.2. The summed E-state index contributed by atoms with van der Waals surface area (Å²) in [6.07, 6.45) is 0.760. The van der Waals surface area contributed by atoms with Gasteiger partial charge in [-0.25, -0.2) is 0 Å². The predicted molar refractivity (Wildman–Crippen MR) is 87.3 cm³/mol. The molecule has 0 aromatic heterocycles. The van der Waals surface area contributed by atoms with Gasteiger partial charge in [0.05, 0.1) is 6.42 Å². The van der Waals surface area contributed by atoms with Gasteiger partial charge in [0, 0.05) is 10.2 Å². The van der Waals surface area contributed by atoms with Gasteiger partial charge in [-0.15, -0.1) is 0 Å². The van der Waals surface area contributed by atoms with Gasteiger partial charge in [-0.3, -0.25) is 9.59 Å². The van der Waals surface area contributed by atoms with Gasteiger partial charge in [0.1, 0.15) is 5.78 Å². The fourth-order valence-electron chi connectivity index (χ4n) is 1.98. The zero-order valence-electron chi connectivity index (χ0n) is 11.7. The van der Waals surface area contributed by atoms with E-state index in [2.05, 4.69) is 33.4 Å². The summed E-state index contributed by atoms with van der Waals surface area (Å²) >= 11 is 3.42. The quantitative estimate of drug-likeness (QED) is 0.833. The van der Waals surface area contributed by atoms with Crippen LogP contribution in [0.15, 0.2) is 53.0 Å². The Kier molecular flexibility index (Phi) is 5.28. The van der Waals surface area contributed by atoms with Crippen molar-refractivity contribution in [3.63, 3.8) is 0 Å². The number of ketones is 1. The van der Waals surface area contributed by atoms with Crippen molar-refractivity contribution in [2.24, 2.45) is 0 Å². The lowest BCUT2D eigenvalue weighted by molar-refractivity contribution is -0.124. The zero-order valence-corrected chi connectivity index (χ0v) is 13.3. The van der Waals surface area contributed by atoms with E-state index in [1.54, 1.807) is 0 Å². The molecule has 2 aromatic rings. The van der Waals surface area contributed by atoms with E-state index in [0.29, 0.717) is 5.69 Å². The molecule has 0 saturated carbocycles. The van der Waals surface area contributed by atoms with Crippen molar-refractivity contribution >= 4 is 33.3 Å². The van der Waals surface area contributed by atoms with E-state index < -0.39 is 0 Å². The highest BCUT2D eigenvalue weighted by molar-refractivity contribution is 9.10. The van der Waals surface area contributed by atoms with Crippen molar-refractivity contribution in [3.05, 3.63) is 64.1 Å². The Balaban J connectivity index is 1.97. The second-order valence-corrected chi connectivity index (χ2v) is 5.84. The molecule has 21 heavy (non-hydrogen) atoms. The second kappa shape index (κ2) is 7.18. The largest absolute Gasteiger partial charge is 0.326 e. The molecule has 1 amide bonds. The van der Waals surface area contributed by atoms with Gasteiger partial charge < -0.3 is 5.32 Å². The van der Waals surface area contributed by atoms with Crippen molar-refractivity contribution < 1.29 is 9.59 Å². The lowest BCUT2D eigenvalue weighted by Crippen LogP contribution is -2.14. The molecule has 0 saturated heterocycles. The van der Waals surface area contributed by atoms with Crippen molar-refractivity contribution in [2.45, 2.75) is 19.8 Å². The number of Topliss-reactive ketones (excluding diaryl/α,β-unsaturated/α-hetero) is 1. The summed E-state index contributed by atoms with van der Waals surface area (Å²) in [7, 11) is 0. The van der Waals surface area contributed by atoms with Gasteiger partial charge >= 0.3 is 0 Å². The summed E-state index contributed by atoms with van der Waals surface area (Å²) in [4.78, 5) is 22.4. The van der Waals surface area contributed by atoms with Crippen molar-refractivity contribution in [1.29, 1.82) is 0 Å². The fraction of sp³-hybridized carbons (Fsp3) is 0.176. The number of anilines is 1. The minimum Gasteiger partial charge on any atom is -0.326 e. The summed E-state index contributed by atoms with van der Waals surface area (Å²) in [5.41, 5.74) is 3.11. The Hall–Kier alpha value is -1.94. The minimum absolute atomic E-state index is 0.0827. The summed E-state index contributed by atoms with van der Waals surface area (Å²) in [6.45, 7) is 1.40. The molecular weight excluding hydrogens is 330 g/mol. The first-order chi connectivity index (χ1) is 10.0. The Bertz CT molecular complexity index is 633. The highest BCUT2D eigenvalue weighted by Gasteiger charge is 2.05. The van der Waals surface area contributed by atoms with Gasteiger partial charge in [-0.2, -0.15) is 0 Å². The number of benzene rings is 2. The van der Waals surface area contributed by atoms with Crippen LogP contribution in [0.25, 0.3) is 0 Å². The number of halogens is 1.